The van der Waals surface area contributed by atoms with Crippen molar-refractivity contribution in [3.63, 3.8) is 0 Å². The summed E-state index contributed by atoms with van der Waals surface area (Å²) in [5, 5.41) is 12.3. The lowest BCUT2D eigenvalue weighted by Gasteiger charge is -2.04. The van der Waals surface area contributed by atoms with Crippen LogP contribution in [-0.2, 0) is 13.1 Å². The van der Waals surface area contributed by atoms with Crippen LogP contribution in [0.1, 0.15) is 45.7 Å². The maximum absolute atomic E-state index is 10.9. The van der Waals surface area contributed by atoms with Gasteiger partial charge in [0.1, 0.15) is 4.88 Å². The minimum Gasteiger partial charge on any atom is -0.477 e. The van der Waals surface area contributed by atoms with Gasteiger partial charge in [0, 0.05) is 30.2 Å². The average Bonchev–Trinajstić information content (AvgIpc) is 2.97. The highest BCUT2D eigenvalue weighted by Gasteiger charge is 2.10. The molecule has 0 aliphatic heterocycles. The summed E-state index contributed by atoms with van der Waals surface area (Å²) in [6.45, 7) is 7.51. The quantitative estimate of drug-likeness (QED) is 0.859. The Labute approximate surface area is 122 Å². The van der Waals surface area contributed by atoms with Crippen molar-refractivity contribution < 1.29 is 9.90 Å². The molecule has 6 heteroatoms. The minimum atomic E-state index is -0.861. The van der Waals surface area contributed by atoms with Crippen molar-refractivity contribution in [2.24, 2.45) is 0 Å². The van der Waals surface area contributed by atoms with Crippen LogP contribution < -0.4 is 5.32 Å². The number of aromatic nitrogens is 2. The summed E-state index contributed by atoms with van der Waals surface area (Å²) in [6, 6.07) is 2.15. The SMILES string of the molecule is Cc1sc(C(=O)O)cc1CNCc1cn(C(C)C)cn1. The topological polar surface area (TPSA) is 67.2 Å². The first-order valence-corrected chi connectivity index (χ1v) is 7.34. The molecular formula is C14H19N3O2S. The van der Waals surface area contributed by atoms with E-state index < -0.39 is 5.97 Å². The molecule has 2 N–H and O–H groups in total. The first-order valence-electron chi connectivity index (χ1n) is 6.53. The molecule has 2 aromatic rings. The van der Waals surface area contributed by atoms with Crippen LogP contribution in [-0.4, -0.2) is 20.6 Å². The number of aryl methyl sites for hydroxylation is 1. The normalized spacial score (nSPS) is 11.2. The first-order chi connectivity index (χ1) is 9.47. The summed E-state index contributed by atoms with van der Waals surface area (Å²) < 4.78 is 2.06. The Kier molecular flexibility index (Phi) is 4.57. The lowest BCUT2D eigenvalue weighted by molar-refractivity contribution is 0.0702. The van der Waals surface area contributed by atoms with Gasteiger partial charge in [0.15, 0.2) is 0 Å². The Morgan fingerprint density at radius 3 is 2.80 bits per heavy atom. The van der Waals surface area contributed by atoms with Crippen LogP contribution in [0.15, 0.2) is 18.6 Å². The summed E-state index contributed by atoms with van der Waals surface area (Å²) >= 11 is 1.32. The van der Waals surface area contributed by atoms with Gasteiger partial charge < -0.3 is 15.0 Å². The molecule has 0 saturated heterocycles. The maximum atomic E-state index is 10.9. The van der Waals surface area contributed by atoms with E-state index in [0.29, 0.717) is 24.0 Å². The number of carbonyl (C=O) groups is 1. The molecule has 0 aromatic carbocycles. The van der Waals surface area contributed by atoms with E-state index in [9.17, 15) is 4.79 Å². The molecule has 0 bridgehead atoms. The van der Waals surface area contributed by atoms with Gasteiger partial charge in [-0.2, -0.15) is 0 Å². The summed E-state index contributed by atoms with van der Waals surface area (Å²) in [6.07, 6.45) is 3.86. The summed E-state index contributed by atoms with van der Waals surface area (Å²) in [7, 11) is 0. The smallest absolute Gasteiger partial charge is 0.345 e. The number of hydrogen-bond donors (Lipinski definition) is 2. The van der Waals surface area contributed by atoms with Gasteiger partial charge in [-0.3, -0.25) is 0 Å². The van der Waals surface area contributed by atoms with E-state index in [1.807, 2.05) is 19.4 Å². The highest BCUT2D eigenvalue weighted by atomic mass is 32.1. The second-order valence-electron chi connectivity index (χ2n) is 5.01. The third kappa shape index (κ3) is 3.46. The van der Waals surface area contributed by atoms with E-state index in [-0.39, 0.29) is 0 Å². The third-order valence-electron chi connectivity index (χ3n) is 3.10. The number of aromatic carboxylic acids is 1. The zero-order valence-corrected chi connectivity index (χ0v) is 12.7. The van der Waals surface area contributed by atoms with Gasteiger partial charge >= 0.3 is 5.97 Å². The molecule has 0 radical (unpaired) electrons. The predicted molar refractivity (Wildman–Crippen MR) is 79.2 cm³/mol. The van der Waals surface area contributed by atoms with Crippen LogP contribution in [0, 0.1) is 6.92 Å². The molecule has 2 aromatic heterocycles. The molecular weight excluding hydrogens is 274 g/mol. The van der Waals surface area contributed by atoms with Crippen molar-refractivity contribution in [2.45, 2.75) is 39.9 Å². The highest BCUT2D eigenvalue weighted by molar-refractivity contribution is 7.14. The van der Waals surface area contributed by atoms with Gasteiger partial charge in [0.25, 0.3) is 0 Å². The summed E-state index contributed by atoms with van der Waals surface area (Å²) in [5.74, 6) is -0.861. The minimum absolute atomic E-state index is 0.392. The van der Waals surface area contributed by atoms with E-state index in [0.717, 1.165) is 16.1 Å². The number of nitrogens with one attached hydrogen (secondary N) is 1. The predicted octanol–water partition coefficient (Wildman–Crippen LogP) is 2.82. The van der Waals surface area contributed by atoms with Crippen LogP contribution in [0.25, 0.3) is 0 Å². The molecule has 2 heterocycles. The average molecular weight is 293 g/mol. The second kappa shape index (κ2) is 6.19. The Morgan fingerprint density at radius 2 is 2.25 bits per heavy atom. The van der Waals surface area contributed by atoms with Crippen LogP contribution in [0.5, 0.6) is 0 Å². The molecule has 108 valence electrons. The molecule has 0 amide bonds. The number of imidazole rings is 1. The van der Waals surface area contributed by atoms with E-state index in [1.165, 1.54) is 11.3 Å². The van der Waals surface area contributed by atoms with E-state index in [4.69, 9.17) is 5.11 Å². The zero-order valence-electron chi connectivity index (χ0n) is 11.9. The second-order valence-corrected chi connectivity index (χ2v) is 6.26. The number of nitrogens with zero attached hydrogens (tertiary/aromatic N) is 2. The summed E-state index contributed by atoms with van der Waals surface area (Å²) in [5.41, 5.74) is 2.03. The van der Waals surface area contributed by atoms with Crippen LogP contribution in [0.2, 0.25) is 0 Å². The Bertz CT molecular complexity index is 601. The number of hydrogen-bond acceptors (Lipinski definition) is 4. The first kappa shape index (κ1) is 14.7. The van der Waals surface area contributed by atoms with Crippen molar-refractivity contribution >= 4 is 17.3 Å². The van der Waals surface area contributed by atoms with Crippen LogP contribution in [0.3, 0.4) is 0 Å². The Balaban J connectivity index is 1.90. The molecule has 0 aliphatic rings. The Hall–Kier alpha value is -1.66. The largest absolute Gasteiger partial charge is 0.477 e. The van der Waals surface area contributed by atoms with E-state index >= 15 is 0 Å². The molecule has 5 nitrogen and oxygen atoms in total. The van der Waals surface area contributed by atoms with Gasteiger partial charge in [0.2, 0.25) is 0 Å². The van der Waals surface area contributed by atoms with Gasteiger partial charge in [0.05, 0.1) is 12.0 Å². The number of thiophene rings is 1. The molecule has 0 fully saturated rings. The molecule has 0 spiro atoms. The molecule has 0 atom stereocenters. The molecule has 0 unspecified atom stereocenters. The van der Waals surface area contributed by atoms with E-state index in [2.05, 4.69) is 28.7 Å². The fraction of sp³-hybridized carbons (Fsp3) is 0.429. The van der Waals surface area contributed by atoms with Crippen LogP contribution in [0.4, 0.5) is 0 Å². The molecule has 0 aliphatic carbocycles. The van der Waals surface area contributed by atoms with Gasteiger partial charge in [-0.05, 0) is 32.4 Å². The molecule has 2 rings (SSSR count). The lowest BCUT2D eigenvalue weighted by atomic mass is 10.2. The summed E-state index contributed by atoms with van der Waals surface area (Å²) in [4.78, 5) is 16.7. The standard InChI is InChI=1S/C14H19N3O2S/c1-9(2)17-7-12(16-8-17)6-15-5-11-4-13(14(18)19)20-10(11)3/h4,7-9,15H,5-6H2,1-3H3,(H,18,19). The van der Waals surface area contributed by atoms with Crippen molar-refractivity contribution in [3.8, 4) is 0 Å². The molecule has 0 saturated carbocycles. The van der Waals surface area contributed by atoms with Gasteiger partial charge in [-0.25, -0.2) is 9.78 Å². The highest BCUT2D eigenvalue weighted by Crippen LogP contribution is 2.21. The number of carboxylic acid groups (broad SMARTS) is 1. The van der Waals surface area contributed by atoms with Gasteiger partial charge in [-0.15, -0.1) is 11.3 Å². The fourth-order valence-electron chi connectivity index (χ4n) is 1.88. The van der Waals surface area contributed by atoms with E-state index in [1.54, 1.807) is 6.07 Å². The number of rotatable bonds is 6. The number of carboxylic acids is 1. The van der Waals surface area contributed by atoms with Crippen molar-refractivity contribution in [1.29, 1.82) is 0 Å². The fourth-order valence-corrected chi connectivity index (χ4v) is 2.76. The van der Waals surface area contributed by atoms with Crippen molar-refractivity contribution in [1.82, 2.24) is 14.9 Å². The maximum Gasteiger partial charge on any atom is 0.345 e. The zero-order chi connectivity index (χ0) is 14.7. The van der Waals surface area contributed by atoms with Gasteiger partial charge in [-0.1, -0.05) is 0 Å². The van der Waals surface area contributed by atoms with Crippen molar-refractivity contribution in [3.05, 3.63) is 39.6 Å². The Morgan fingerprint density at radius 1 is 1.50 bits per heavy atom. The van der Waals surface area contributed by atoms with Crippen molar-refractivity contribution in [2.75, 3.05) is 0 Å². The molecule has 20 heavy (non-hydrogen) atoms. The van der Waals surface area contributed by atoms with Crippen LogP contribution >= 0.6 is 11.3 Å². The monoisotopic (exact) mass is 293 g/mol. The lowest BCUT2D eigenvalue weighted by Crippen LogP contribution is -2.13. The third-order valence-corrected chi connectivity index (χ3v) is 4.18.